The van der Waals surface area contributed by atoms with Crippen molar-refractivity contribution in [1.82, 2.24) is 0 Å². The normalized spacial score (nSPS) is 9.64. The molecular formula is C4H10N6Si. The van der Waals surface area contributed by atoms with Crippen molar-refractivity contribution in [3.05, 3.63) is 20.9 Å². The molecule has 60 valence electrons. The summed E-state index contributed by atoms with van der Waals surface area (Å²) < 4.78 is 0. The highest BCUT2D eigenvalue weighted by atomic mass is 28.3. The molecule has 0 aromatic heterocycles. The predicted octanol–water partition coefficient (Wildman–Crippen LogP) is 2.39. The molecule has 0 amide bonds. The van der Waals surface area contributed by atoms with E-state index in [1.165, 1.54) is 0 Å². The van der Waals surface area contributed by atoms with Gasteiger partial charge in [-0.2, -0.15) is 0 Å². The molecule has 0 saturated carbocycles. The molecule has 0 bridgehead atoms. The summed E-state index contributed by atoms with van der Waals surface area (Å²) in [7, 11) is -1.59. The highest BCUT2D eigenvalue weighted by Crippen LogP contribution is 2.02. The Morgan fingerprint density at radius 3 is 1.73 bits per heavy atom. The minimum Gasteiger partial charge on any atom is -0.0969 e. The Balaban J connectivity index is 3.98. The SMILES string of the molecule is C[Si](C)(CN=[N+]=[N-])CN=[N+]=[N-]. The van der Waals surface area contributed by atoms with Gasteiger partial charge < -0.3 is 0 Å². The molecule has 0 aromatic rings. The first kappa shape index (κ1) is 9.84. The molecule has 0 heterocycles. The summed E-state index contributed by atoms with van der Waals surface area (Å²) in [5.74, 6) is 0. The molecule has 0 aromatic carbocycles. The number of hydrogen-bond donors (Lipinski definition) is 0. The van der Waals surface area contributed by atoms with E-state index in [0.29, 0.717) is 12.3 Å². The van der Waals surface area contributed by atoms with Gasteiger partial charge >= 0.3 is 0 Å². The molecule has 0 spiro atoms. The van der Waals surface area contributed by atoms with Crippen LogP contribution in [0.3, 0.4) is 0 Å². The number of rotatable bonds is 4. The van der Waals surface area contributed by atoms with E-state index in [1.807, 2.05) is 13.1 Å². The fraction of sp³-hybridized carbons (Fsp3) is 1.00. The lowest BCUT2D eigenvalue weighted by Gasteiger charge is -2.14. The largest absolute Gasteiger partial charge is 0.0969 e. The predicted molar refractivity (Wildman–Crippen MR) is 45.5 cm³/mol. The van der Waals surface area contributed by atoms with Crippen LogP contribution in [0.4, 0.5) is 0 Å². The zero-order valence-corrected chi connectivity index (χ0v) is 7.60. The maximum absolute atomic E-state index is 8.03. The van der Waals surface area contributed by atoms with E-state index >= 15 is 0 Å². The van der Waals surface area contributed by atoms with E-state index in [1.54, 1.807) is 0 Å². The van der Waals surface area contributed by atoms with Gasteiger partial charge in [-0.25, -0.2) is 0 Å². The Labute approximate surface area is 65.5 Å². The third-order valence-electron chi connectivity index (χ3n) is 1.12. The van der Waals surface area contributed by atoms with E-state index in [0.717, 1.165) is 0 Å². The second-order valence-electron chi connectivity index (χ2n) is 2.94. The van der Waals surface area contributed by atoms with Crippen LogP contribution in [0.2, 0.25) is 13.1 Å². The molecule has 0 rings (SSSR count). The van der Waals surface area contributed by atoms with Gasteiger partial charge in [0.15, 0.2) is 0 Å². The summed E-state index contributed by atoms with van der Waals surface area (Å²) in [6.45, 7) is 4.02. The fourth-order valence-electron chi connectivity index (χ4n) is 0.496. The Morgan fingerprint density at radius 1 is 1.09 bits per heavy atom. The maximum Gasteiger partial charge on any atom is 0.0610 e. The Hall–Kier alpha value is -1.16. The first-order valence-electron chi connectivity index (χ1n) is 3.14. The Morgan fingerprint density at radius 2 is 1.45 bits per heavy atom. The third kappa shape index (κ3) is 5.29. The molecule has 0 fully saturated rings. The van der Waals surface area contributed by atoms with Gasteiger partial charge in [0.05, 0.1) is 8.07 Å². The van der Waals surface area contributed by atoms with Crippen molar-refractivity contribution in [2.75, 3.05) is 12.3 Å². The van der Waals surface area contributed by atoms with Gasteiger partial charge in [0.2, 0.25) is 0 Å². The second-order valence-corrected chi connectivity index (χ2v) is 7.90. The molecule has 0 N–H and O–H groups in total. The van der Waals surface area contributed by atoms with Crippen LogP contribution >= 0.6 is 0 Å². The van der Waals surface area contributed by atoms with Crippen LogP contribution in [0.5, 0.6) is 0 Å². The van der Waals surface area contributed by atoms with E-state index < -0.39 is 8.07 Å². The topological polar surface area (TPSA) is 97.5 Å². The highest BCUT2D eigenvalue weighted by molar-refractivity contribution is 6.77. The summed E-state index contributed by atoms with van der Waals surface area (Å²) in [4.78, 5) is 5.31. The average molecular weight is 170 g/mol. The van der Waals surface area contributed by atoms with Crippen LogP contribution in [-0.2, 0) is 0 Å². The summed E-state index contributed by atoms with van der Waals surface area (Å²) >= 11 is 0. The van der Waals surface area contributed by atoms with E-state index in [9.17, 15) is 0 Å². The van der Waals surface area contributed by atoms with Crippen LogP contribution in [-0.4, -0.2) is 20.4 Å². The van der Waals surface area contributed by atoms with Gasteiger partial charge in [0, 0.05) is 22.2 Å². The molecule has 0 unspecified atom stereocenters. The van der Waals surface area contributed by atoms with E-state index in [-0.39, 0.29) is 0 Å². The fourth-order valence-corrected chi connectivity index (χ4v) is 1.49. The summed E-state index contributed by atoms with van der Waals surface area (Å²) in [6.07, 6.45) is 0.977. The van der Waals surface area contributed by atoms with Crippen molar-refractivity contribution in [3.8, 4) is 0 Å². The smallest absolute Gasteiger partial charge is 0.0610 e. The van der Waals surface area contributed by atoms with Crippen LogP contribution in [0, 0.1) is 0 Å². The van der Waals surface area contributed by atoms with E-state index in [2.05, 4.69) is 20.1 Å². The molecular weight excluding hydrogens is 160 g/mol. The molecule has 0 aliphatic rings. The highest BCUT2D eigenvalue weighted by Gasteiger charge is 2.17. The molecule has 0 radical (unpaired) electrons. The van der Waals surface area contributed by atoms with Crippen molar-refractivity contribution >= 4 is 8.07 Å². The molecule has 0 aliphatic heterocycles. The molecule has 7 heteroatoms. The van der Waals surface area contributed by atoms with Gasteiger partial charge in [-0.05, 0) is 11.1 Å². The second kappa shape index (κ2) is 4.62. The van der Waals surface area contributed by atoms with Crippen LogP contribution in [0.1, 0.15) is 0 Å². The van der Waals surface area contributed by atoms with Crippen molar-refractivity contribution in [3.63, 3.8) is 0 Å². The van der Waals surface area contributed by atoms with Crippen molar-refractivity contribution in [2.45, 2.75) is 13.1 Å². The third-order valence-corrected chi connectivity index (χ3v) is 3.12. The monoisotopic (exact) mass is 170 g/mol. The lowest BCUT2D eigenvalue weighted by Crippen LogP contribution is -2.34. The summed E-state index contributed by atoms with van der Waals surface area (Å²) in [6, 6.07) is 0. The lowest BCUT2D eigenvalue weighted by molar-refractivity contribution is 1.16. The van der Waals surface area contributed by atoms with Gasteiger partial charge in [0.1, 0.15) is 0 Å². The van der Waals surface area contributed by atoms with Crippen LogP contribution < -0.4 is 0 Å². The first-order valence-corrected chi connectivity index (χ1v) is 6.55. The Kier molecular flexibility index (Phi) is 4.13. The zero-order valence-electron chi connectivity index (χ0n) is 6.60. The number of azide groups is 2. The number of hydrogen-bond acceptors (Lipinski definition) is 2. The quantitative estimate of drug-likeness (QED) is 0.268. The maximum atomic E-state index is 8.03. The molecule has 6 nitrogen and oxygen atoms in total. The lowest BCUT2D eigenvalue weighted by atomic mass is 11.4. The zero-order chi connectivity index (χ0) is 8.74. The van der Waals surface area contributed by atoms with Crippen molar-refractivity contribution in [1.29, 1.82) is 0 Å². The van der Waals surface area contributed by atoms with Gasteiger partial charge in [-0.1, -0.05) is 23.3 Å². The molecule has 11 heavy (non-hydrogen) atoms. The summed E-state index contributed by atoms with van der Waals surface area (Å²) in [5.41, 5.74) is 16.1. The van der Waals surface area contributed by atoms with Gasteiger partial charge in [-0.15, -0.1) is 0 Å². The molecule has 0 aliphatic carbocycles. The van der Waals surface area contributed by atoms with Gasteiger partial charge in [-0.3, -0.25) is 0 Å². The first-order chi connectivity index (χ1) is 5.12. The molecule has 0 atom stereocenters. The van der Waals surface area contributed by atoms with Crippen molar-refractivity contribution < 1.29 is 0 Å². The standard InChI is InChI=1S/C4H10N6Si/c1-11(2,3-7-9-5)4-8-10-6/h3-4H2,1-2H3. The van der Waals surface area contributed by atoms with Gasteiger partial charge in [0.25, 0.3) is 0 Å². The Bertz CT molecular complexity index is 189. The summed E-state index contributed by atoms with van der Waals surface area (Å²) in [5, 5.41) is 6.91. The van der Waals surface area contributed by atoms with Crippen LogP contribution in [0.15, 0.2) is 10.2 Å². The minimum atomic E-state index is -1.59. The van der Waals surface area contributed by atoms with E-state index in [4.69, 9.17) is 11.1 Å². The minimum absolute atomic E-state index is 0.489. The average Bonchev–Trinajstić information content (AvgIpc) is 1.97. The number of nitrogens with zero attached hydrogens (tertiary/aromatic N) is 6. The van der Waals surface area contributed by atoms with Crippen LogP contribution in [0.25, 0.3) is 20.9 Å². The van der Waals surface area contributed by atoms with Crippen molar-refractivity contribution in [2.24, 2.45) is 10.2 Å². The molecule has 0 saturated heterocycles.